The first kappa shape index (κ1) is 62.0. The van der Waals surface area contributed by atoms with Crippen LogP contribution >= 0.6 is 0 Å². The van der Waals surface area contributed by atoms with Gasteiger partial charge in [-0.2, -0.15) is 0 Å². The van der Waals surface area contributed by atoms with Gasteiger partial charge in [0.25, 0.3) is 0 Å². The highest BCUT2D eigenvalue weighted by atomic mass is 16.7. The Hall–Kier alpha value is -3.06. The summed E-state index contributed by atoms with van der Waals surface area (Å²) in [6.45, 7) is 5.86. The van der Waals surface area contributed by atoms with Gasteiger partial charge in [-0.05, 0) is 70.6 Å². The van der Waals surface area contributed by atoms with Gasteiger partial charge in [0.15, 0.2) is 24.6 Å². The van der Waals surface area contributed by atoms with E-state index in [1.54, 1.807) is 0 Å². The zero-order valence-electron chi connectivity index (χ0n) is 42.4. The molecule has 0 aromatic rings. The van der Waals surface area contributed by atoms with Crippen molar-refractivity contribution in [2.45, 2.75) is 276 Å². The minimum atomic E-state index is -1.90. The van der Waals surface area contributed by atoms with Crippen molar-refractivity contribution in [3.8, 4) is 0 Å². The van der Waals surface area contributed by atoms with Crippen molar-refractivity contribution in [3.05, 3.63) is 36.5 Å². The van der Waals surface area contributed by atoms with E-state index < -0.39 is 67.3 Å². The number of carboxylic acids is 1. The van der Waals surface area contributed by atoms with Gasteiger partial charge in [-0.1, -0.05) is 186 Å². The van der Waals surface area contributed by atoms with E-state index in [0.717, 1.165) is 116 Å². The monoisotopic (exact) mass is 949 g/mol. The van der Waals surface area contributed by atoms with Crippen molar-refractivity contribution in [2.24, 2.45) is 0 Å². The molecule has 6 atom stereocenters. The molecule has 0 aliphatic carbocycles. The van der Waals surface area contributed by atoms with Gasteiger partial charge in [-0.15, -0.1) is 0 Å². The molecular formula is C55H96O12. The van der Waals surface area contributed by atoms with Gasteiger partial charge in [0.1, 0.15) is 18.8 Å². The second-order valence-electron chi connectivity index (χ2n) is 18.5. The lowest BCUT2D eigenvalue weighted by molar-refractivity contribution is -0.301. The Bertz CT molecular complexity index is 1310. The van der Waals surface area contributed by atoms with Gasteiger partial charge in [-0.25, -0.2) is 4.79 Å². The molecule has 3 N–H and O–H groups in total. The van der Waals surface area contributed by atoms with Crippen molar-refractivity contribution in [3.63, 3.8) is 0 Å². The second-order valence-corrected chi connectivity index (χ2v) is 18.5. The van der Waals surface area contributed by atoms with Crippen molar-refractivity contribution < 1.29 is 58.2 Å². The van der Waals surface area contributed by atoms with Gasteiger partial charge in [-0.3, -0.25) is 14.4 Å². The molecule has 67 heavy (non-hydrogen) atoms. The zero-order chi connectivity index (χ0) is 49.0. The number of aliphatic hydroxyl groups excluding tert-OH is 2. The van der Waals surface area contributed by atoms with Crippen LogP contribution < -0.4 is 0 Å². The van der Waals surface area contributed by atoms with Crippen molar-refractivity contribution in [1.82, 2.24) is 0 Å². The van der Waals surface area contributed by atoms with E-state index in [1.165, 1.54) is 64.2 Å². The Kier molecular flexibility index (Phi) is 40.8. The highest BCUT2D eigenvalue weighted by Crippen LogP contribution is 2.26. The lowest BCUT2D eigenvalue weighted by Crippen LogP contribution is -2.61. The average molecular weight is 949 g/mol. The predicted octanol–water partition coefficient (Wildman–Crippen LogP) is 12.9. The Labute approximate surface area is 406 Å². The molecule has 0 aromatic heterocycles. The third-order valence-electron chi connectivity index (χ3n) is 12.2. The molecule has 1 heterocycles. The molecule has 0 aromatic carbocycles. The smallest absolute Gasteiger partial charge is 0.335 e. The summed E-state index contributed by atoms with van der Waals surface area (Å²) in [4.78, 5) is 50.8. The maximum Gasteiger partial charge on any atom is 0.335 e. The number of hydrogen-bond donors (Lipinski definition) is 3. The number of ether oxygens (including phenoxy) is 5. The Balaban J connectivity index is 2.72. The van der Waals surface area contributed by atoms with E-state index in [0.29, 0.717) is 19.3 Å². The number of hydrogen-bond acceptors (Lipinski definition) is 11. The summed E-state index contributed by atoms with van der Waals surface area (Å²) < 4.78 is 28.3. The number of esters is 3. The number of allylic oxidation sites excluding steroid dienone is 6. The summed E-state index contributed by atoms with van der Waals surface area (Å²) in [5, 5.41) is 31.3. The first-order valence-electron chi connectivity index (χ1n) is 27.0. The second kappa shape index (κ2) is 44.2. The van der Waals surface area contributed by atoms with Gasteiger partial charge in [0.2, 0.25) is 0 Å². The molecule has 1 fully saturated rings. The maximum absolute atomic E-state index is 13.1. The summed E-state index contributed by atoms with van der Waals surface area (Å²) in [6, 6.07) is 0. The third-order valence-corrected chi connectivity index (χ3v) is 12.2. The topological polar surface area (TPSA) is 175 Å². The average Bonchev–Trinajstić information content (AvgIpc) is 3.31. The molecule has 1 aliphatic rings. The van der Waals surface area contributed by atoms with Gasteiger partial charge >= 0.3 is 23.9 Å². The summed E-state index contributed by atoms with van der Waals surface area (Å²) in [5.41, 5.74) is 0. The van der Waals surface area contributed by atoms with E-state index in [9.17, 15) is 34.5 Å². The number of aliphatic carboxylic acids is 1. The minimum absolute atomic E-state index is 0.0607. The molecule has 0 amide bonds. The first-order valence-corrected chi connectivity index (χ1v) is 27.0. The molecule has 12 nitrogen and oxygen atoms in total. The lowest BCUT2D eigenvalue weighted by Gasteiger charge is -2.40. The van der Waals surface area contributed by atoms with Crippen LogP contribution in [0.3, 0.4) is 0 Å². The largest absolute Gasteiger partial charge is 0.479 e. The number of carbonyl (C=O) groups is 4. The Morgan fingerprint density at radius 1 is 0.493 bits per heavy atom. The zero-order valence-corrected chi connectivity index (χ0v) is 42.4. The van der Waals surface area contributed by atoms with Crippen LogP contribution in [-0.4, -0.2) is 89.2 Å². The third kappa shape index (κ3) is 34.8. The van der Waals surface area contributed by atoms with E-state index in [1.807, 2.05) is 0 Å². The SMILES string of the molecule is CCC/C=C\C/C=C\CCCCCCCC(=O)OC(COC(=O)CCCCCCC/C=C\CCCCCCCC)COC1OC(C(=O)O)C(O)C(O)C1OC(=O)CCCCCCCCCCC. The molecule has 12 heteroatoms. The molecule has 1 saturated heterocycles. The number of aliphatic hydroxyl groups is 2. The highest BCUT2D eigenvalue weighted by Gasteiger charge is 2.50. The van der Waals surface area contributed by atoms with Crippen LogP contribution in [-0.2, 0) is 42.9 Å². The molecule has 0 radical (unpaired) electrons. The van der Waals surface area contributed by atoms with Gasteiger partial charge in [0, 0.05) is 19.3 Å². The summed E-state index contributed by atoms with van der Waals surface area (Å²) in [6.07, 6.45) is 37.1. The van der Waals surface area contributed by atoms with Crippen LogP contribution in [0.15, 0.2) is 36.5 Å². The van der Waals surface area contributed by atoms with E-state index in [-0.39, 0.29) is 25.9 Å². The highest BCUT2D eigenvalue weighted by molar-refractivity contribution is 5.74. The molecule has 0 saturated carbocycles. The maximum atomic E-state index is 13.1. The molecule has 6 unspecified atom stereocenters. The fourth-order valence-electron chi connectivity index (χ4n) is 7.99. The van der Waals surface area contributed by atoms with Crippen LogP contribution in [0.5, 0.6) is 0 Å². The van der Waals surface area contributed by atoms with Gasteiger partial charge < -0.3 is 39.0 Å². The summed E-state index contributed by atoms with van der Waals surface area (Å²) >= 11 is 0. The van der Waals surface area contributed by atoms with Crippen LogP contribution in [0.25, 0.3) is 0 Å². The summed E-state index contributed by atoms with van der Waals surface area (Å²) in [7, 11) is 0. The first-order chi connectivity index (χ1) is 32.6. The fourth-order valence-corrected chi connectivity index (χ4v) is 7.99. The number of rotatable bonds is 45. The van der Waals surface area contributed by atoms with Crippen LogP contribution in [0.2, 0.25) is 0 Å². The number of unbranched alkanes of at least 4 members (excludes halogenated alkanes) is 25. The van der Waals surface area contributed by atoms with Gasteiger partial charge in [0.05, 0.1) is 6.61 Å². The Morgan fingerprint density at radius 2 is 0.925 bits per heavy atom. The van der Waals surface area contributed by atoms with E-state index in [4.69, 9.17) is 23.7 Å². The fraction of sp³-hybridized carbons (Fsp3) is 0.818. The summed E-state index contributed by atoms with van der Waals surface area (Å²) in [5.74, 6) is -3.14. The molecular weight excluding hydrogens is 853 g/mol. The lowest BCUT2D eigenvalue weighted by atomic mass is 9.98. The standard InChI is InChI=1S/C55H96O12/c1-4-7-10-13-16-19-21-23-24-26-27-30-32-35-38-41-47(56)63-44-46(65-48(57)42-39-36-34-31-28-25-22-20-17-14-11-8-5-2)45-64-55-53(51(60)50(59)52(67-55)54(61)62)66-49(58)43-40-37-33-29-18-15-12-9-6-3/h11,14,20,22-24,46,50-53,55,59-60H,4-10,12-13,15-19,21,25-45H2,1-3H3,(H,61,62)/b14-11-,22-20-,24-23-. The van der Waals surface area contributed by atoms with Crippen LogP contribution in [0, 0.1) is 0 Å². The molecule has 1 rings (SSSR count). The van der Waals surface area contributed by atoms with Crippen molar-refractivity contribution in [2.75, 3.05) is 13.2 Å². The van der Waals surface area contributed by atoms with Crippen molar-refractivity contribution >= 4 is 23.9 Å². The van der Waals surface area contributed by atoms with E-state index in [2.05, 4.69) is 57.2 Å². The number of carboxylic acid groups (broad SMARTS) is 1. The quantitative estimate of drug-likeness (QED) is 0.0228. The molecule has 0 spiro atoms. The van der Waals surface area contributed by atoms with Crippen LogP contribution in [0.1, 0.15) is 239 Å². The van der Waals surface area contributed by atoms with Crippen LogP contribution in [0.4, 0.5) is 0 Å². The Morgan fingerprint density at radius 3 is 1.42 bits per heavy atom. The number of carbonyl (C=O) groups excluding carboxylic acids is 3. The van der Waals surface area contributed by atoms with E-state index >= 15 is 0 Å². The molecule has 0 bridgehead atoms. The molecule has 1 aliphatic heterocycles. The normalized spacial score (nSPS) is 19.1. The van der Waals surface area contributed by atoms with Crippen molar-refractivity contribution in [1.29, 1.82) is 0 Å². The molecule has 388 valence electrons. The minimum Gasteiger partial charge on any atom is -0.479 e. The predicted molar refractivity (Wildman–Crippen MR) is 266 cm³/mol.